The Morgan fingerprint density at radius 1 is 1.17 bits per heavy atom. The van der Waals surface area contributed by atoms with E-state index in [1.807, 2.05) is 37.8 Å². The molecule has 1 saturated carbocycles. The van der Waals surface area contributed by atoms with E-state index in [0.717, 1.165) is 35.2 Å². The average molecular weight is 333 g/mol. The molecule has 3 N–H and O–H groups in total. The zero-order chi connectivity index (χ0) is 17.7. The Bertz CT molecular complexity index is 589. The molecule has 0 radical (unpaired) electrons. The minimum absolute atomic E-state index is 0.0379. The molecular formula is C18H27N3O3. The number of hydrogen-bond acceptors (Lipinski definition) is 4. The van der Waals surface area contributed by atoms with Crippen LogP contribution in [0.15, 0.2) is 12.1 Å². The second kappa shape index (κ2) is 8.26. The molecule has 1 aromatic carbocycles. The molecule has 0 unspecified atom stereocenters. The fourth-order valence-electron chi connectivity index (χ4n) is 2.94. The largest absolute Gasteiger partial charge is 0.395 e. The maximum absolute atomic E-state index is 12.1. The first-order valence-corrected chi connectivity index (χ1v) is 8.40. The van der Waals surface area contributed by atoms with Gasteiger partial charge in [-0.3, -0.25) is 14.5 Å². The van der Waals surface area contributed by atoms with Crippen LogP contribution in [-0.4, -0.2) is 54.1 Å². The van der Waals surface area contributed by atoms with Gasteiger partial charge in [-0.1, -0.05) is 17.7 Å². The van der Waals surface area contributed by atoms with Crippen molar-refractivity contribution in [3.05, 3.63) is 28.8 Å². The minimum atomic E-state index is -0.237. The van der Waals surface area contributed by atoms with Crippen LogP contribution in [0.4, 0.5) is 5.69 Å². The van der Waals surface area contributed by atoms with E-state index in [0.29, 0.717) is 12.6 Å². The van der Waals surface area contributed by atoms with Crippen molar-refractivity contribution >= 4 is 17.5 Å². The fourth-order valence-corrected chi connectivity index (χ4v) is 2.94. The Morgan fingerprint density at radius 2 is 1.79 bits per heavy atom. The van der Waals surface area contributed by atoms with Crippen LogP contribution in [0.3, 0.4) is 0 Å². The average Bonchev–Trinajstić information content (AvgIpc) is 3.33. The summed E-state index contributed by atoms with van der Waals surface area (Å²) in [6.07, 6.45) is 2.14. The summed E-state index contributed by atoms with van der Waals surface area (Å²) in [5.74, 6) is -0.429. The van der Waals surface area contributed by atoms with E-state index in [1.165, 1.54) is 0 Å². The van der Waals surface area contributed by atoms with E-state index in [4.69, 9.17) is 5.11 Å². The number of carbonyl (C=O) groups excluding carboxylic acids is 2. The van der Waals surface area contributed by atoms with E-state index < -0.39 is 0 Å². The summed E-state index contributed by atoms with van der Waals surface area (Å²) in [7, 11) is 0. The van der Waals surface area contributed by atoms with Crippen molar-refractivity contribution in [2.75, 3.05) is 31.6 Å². The van der Waals surface area contributed by atoms with Crippen LogP contribution in [-0.2, 0) is 9.59 Å². The van der Waals surface area contributed by atoms with Crippen molar-refractivity contribution in [1.82, 2.24) is 10.2 Å². The monoisotopic (exact) mass is 333 g/mol. The predicted molar refractivity (Wildman–Crippen MR) is 94.0 cm³/mol. The fraction of sp³-hybridized carbons (Fsp3) is 0.556. The number of rotatable bonds is 8. The van der Waals surface area contributed by atoms with Gasteiger partial charge in [-0.05, 0) is 44.7 Å². The molecule has 0 atom stereocenters. The zero-order valence-corrected chi connectivity index (χ0v) is 14.7. The molecule has 0 heterocycles. The third-order valence-corrected chi connectivity index (χ3v) is 4.18. The molecule has 1 aliphatic rings. The second-order valence-corrected chi connectivity index (χ2v) is 6.52. The Kier molecular flexibility index (Phi) is 6.34. The van der Waals surface area contributed by atoms with Gasteiger partial charge in [-0.15, -0.1) is 0 Å². The van der Waals surface area contributed by atoms with Gasteiger partial charge in [0.25, 0.3) is 0 Å². The highest BCUT2D eigenvalue weighted by Gasteiger charge is 2.29. The topological polar surface area (TPSA) is 81.7 Å². The third-order valence-electron chi connectivity index (χ3n) is 4.18. The van der Waals surface area contributed by atoms with E-state index >= 15 is 0 Å². The van der Waals surface area contributed by atoms with Crippen LogP contribution in [0.5, 0.6) is 0 Å². The van der Waals surface area contributed by atoms with Crippen LogP contribution in [0.2, 0.25) is 0 Å². The highest BCUT2D eigenvalue weighted by molar-refractivity contribution is 5.96. The molecule has 0 aromatic heterocycles. The zero-order valence-electron chi connectivity index (χ0n) is 14.7. The van der Waals surface area contributed by atoms with Crippen molar-refractivity contribution < 1.29 is 14.7 Å². The Balaban J connectivity index is 1.81. The molecule has 2 rings (SSSR count). The van der Waals surface area contributed by atoms with E-state index in [-0.39, 0.29) is 31.5 Å². The van der Waals surface area contributed by atoms with Gasteiger partial charge < -0.3 is 15.7 Å². The lowest BCUT2D eigenvalue weighted by atomic mass is 10.1. The maximum atomic E-state index is 12.1. The van der Waals surface area contributed by atoms with E-state index in [1.54, 1.807) is 0 Å². The Hall–Kier alpha value is -1.92. The second-order valence-electron chi connectivity index (χ2n) is 6.52. The van der Waals surface area contributed by atoms with Gasteiger partial charge in [0.05, 0.1) is 19.7 Å². The number of benzene rings is 1. The molecule has 24 heavy (non-hydrogen) atoms. The molecule has 0 saturated heterocycles. The van der Waals surface area contributed by atoms with Gasteiger partial charge in [0.15, 0.2) is 0 Å². The molecule has 6 heteroatoms. The molecule has 0 bridgehead atoms. The number of nitrogens with zero attached hydrogens (tertiary/aromatic N) is 1. The van der Waals surface area contributed by atoms with Crippen LogP contribution < -0.4 is 10.6 Å². The standard InChI is InChI=1S/C18H27N3O3/c1-12-8-13(2)18(14(3)9-12)20-16(23)10-19-17(24)11-21(6-7-22)15-4-5-15/h8-9,15,22H,4-7,10-11H2,1-3H3,(H,19,24)(H,20,23). The van der Waals surface area contributed by atoms with Gasteiger partial charge in [-0.25, -0.2) is 0 Å². The Morgan fingerprint density at radius 3 is 2.33 bits per heavy atom. The first-order valence-electron chi connectivity index (χ1n) is 8.40. The summed E-state index contributed by atoms with van der Waals surface area (Å²) in [5, 5.41) is 14.6. The van der Waals surface area contributed by atoms with Crippen LogP contribution in [0.25, 0.3) is 0 Å². The summed E-state index contributed by atoms with van der Waals surface area (Å²) < 4.78 is 0. The third kappa shape index (κ3) is 5.32. The lowest BCUT2D eigenvalue weighted by molar-refractivity contribution is -0.125. The first-order chi connectivity index (χ1) is 11.4. The first kappa shape index (κ1) is 18.4. The van der Waals surface area contributed by atoms with Gasteiger partial charge in [-0.2, -0.15) is 0 Å². The van der Waals surface area contributed by atoms with Crippen LogP contribution in [0.1, 0.15) is 29.5 Å². The molecule has 6 nitrogen and oxygen atoms in total. The van der Waals surface area contributed by atoms with Crippen LogP contribution in [0, 0.1) is 20.8 Å². The number of aliphatic hydroxyl groups is 1. The number of aliphatic hydroxyl groups excluding tert-OH is 1. The highest BCUT2D eigenvalue weighted by Crippen LogP contribution is 2.26. The highest BCUT2D eigenvalue weighted by atomic mass is 16.3. The summed E-state index contributed by atoms with van der Waals surface area (Å²) in [5.41, 5.74) is 3.98. The quantitative estimate of drug-likeness (QED) is 0.666. The van der Waals surface area contributed by atoms with E-state index in [9.17, 15) is 9.59 Å². The summed E-state index contributed by atoms with van der Waals surface area (Å²) in [6, 6.07) is 4.43. The van der Waals surface area contributed by atoms with Gasteiger partial charge >= 0.3 is 0 Å². The number of hydrogen-bond donors (Lipinski definition) is 3. The number of nitrogens with one attached hydrogen (secondary N) is 2. The molecule has 0 spiro atoms. The molecule has 1 fully saturated rings. The predicted octanol–water partition coefficient (Wildman–Crippen LogP) is 1.12. The van der Waals surface area contributed by atoms with Crippen LogP contribution >= 0.6 is 0 Å². The lowest BCUT2D eigenvalue weighted by Crippen LogP contribution is -2.42. The number of anilines is 1. The van der Waals surface area contributed by atoms with Crippen molar-refractivity contribution in [1.29, 1.82) is 0 Å². The van der Waals surface area contributed by atoms with Gasteiger partial charge in [0.1, 0.15) is 0 Å². The Labute approximate surface area is 143 Å². The SMILES string of the molecule is Cc1cc(C)c(NC(=O)CNC(=O)CN(CCO)C2CC2)c(C)c1. The van der Waals surface area contributed by atoms with Crippen molar-refractivity contribution in [3.63, 3.8) is 0 Å². The smallest absolute Gasteiger partial charge is 0.243 e. The molecule has 0 aliphatic heterocycles. The van der Waals surface area contributed by atoms with Gasteiger partial charge in [0, 0.05) is 18.3 Å². The number of carbonyl (C=O) groups is 2. The minimum Gasteiger partial charge on any atom is -0.395 e. The number of aryl methyl sites for hydroxylation is 3. The maximum Gasteiger partial charge on any atom is 0.243 e. The molecule has 1 aromatic rings. The summed E-state index contributed by atoms with van der Waals surface area (Å²) >= 11 is 0. The lowest BCUT2D eigenvalue weighted by Gasteiger charge is -2.20. The molecular weight excluding hydrogens is 306 g/mol. The molecule has 132 valence electrons. The van der Waals surface area contributed by atoms with E-state index in [2.05, 4.69) is 10.6 Å². The summed E-state index contributed by atoms with van der Waals surface area (Å²) in [4.78, 5) is 26.0. The molecule has 2 amide bonds. The summed E-state index contributed by atoms with van der Waals surface area (Å²) in [6.45, 7) is 6.63. The van der Waals surface area contributed by atoms with Crippen molar-refractivity contribution in [2.24, 2.45) is 0 Å². The molecule has 1 aliphatic carbocycles. The van der Waals surface area contributed by atoms with Crippen molar-refractivity contribution in [2.45, 2.75) is 39.7 Å². The van der Waals surface area contributed by atoms with Crippen molar-refractivity contribution in [3.8, 4) is 0 Å². The normalized spacial score (nSPS) is 13.9. The number of amides is 2. The van der Waals surface area contributed by atoms with Gasteiger partial charge in [0.2, 0.25) is 11.8 Å².